The maximum Gasteiger partial charge on any atom is 0.211 e. The lowest BCUT2D eigenvalue weighted by Crippen LogP contribution is -2.35. The molecule has 0 spiro atoms. The first kappa shape index (κ1) is 36.1. The lowest BCUT2D eigenvalue weighted by molar-refractivity contribution is -0.698. The van der Waals surface area contributed by atoms with Crippen LogP contribution in [0.1, 0.15) is 134 Å². The summed E-state index contributed by atoms with van der Waals surface area (Å²) in [6.07, 6.45) is 28.0. The number of unbranched alkanes of at least 4 members (excludes halogenated alkanes) is 6. The van der Waals surface area contributed by atoms with Gasteiger partial charge in [-0.3, -0.25) is 0 Å². The van der Waals surface area contributed by atoms with Crippen LogP contribution in [-0.4, -0.2) is 13.1 Å². The molecule has 0 aliphatic carbocycles. The third-order valence-electron chi connectivity index (χ3n) is 8.51. The van der Waals surface area contributed by atoms with Gasteiger partial charge in [0.25, 0.3) is 0 Å². The van der Waals surface area contributed by atoms with Crippen molar-refractivity contribution < 1.29 is 9.13 Å². The average Bonchev–Trinajstić information content (AvgIpc) is 3.01. The number of hydrogen-bond acceptors (Lipinski definition) is 2. The number of hydrogen-bond donors (Lipinski definition) is 2. The highest BCUT2D eigenvalue weighted by Crippen LogP contribution is 2.21. The van der Waals surface area contributed by atoms with Crippen LogP contribution in [0, 0.1) is 11.8 Å². The number of rotatable bonds is 24. The van der Waals surface area contributed by atoms with Gasteiger partial charge in [0.05, 0.1) is 0 Å². The van der Waals surface area contributed by atoms with Crippen LogP contribution in [-0.2, 0) is 0 Å². The summed E-state index contributed by atoms with van der Waals surface area (Å²) in [4.78, 5) is 0.740. The summed E-state index contributed by atoms with van der Waals surface area (Å²) in [5.41, 5.74) is 2.46. The number of halogens is 2. The lowest BCUT2D eigenvalue weighted by atomic mass is 9.99. The molecule has 232 valence electrons. The Morgan fingerprint density at radius 2 is 0.902 bits per heavy atom. The number of pyridine rings is 2. The smallest absolute Gasteiger partial charge is 0.211 e. The summed E-state index contributed by atoms with van der Waals surface area (Å²) in [5.74, 6) is 1.55. The SMILES string of the molecule is CCCCC(CC)CNc1cc[n+](C(Br)CCCCCCCC(Br)[n+]2ccc(NCC(CC)CCCC)cc2)cc1. The van der Waals surface area contributed by atoms with E-state index in [9.17, 15) is 0 Å². The molecule has 2 N–H and O–H groups in total. The van der Waals surface area contributed by atoms with E-state index in [1.165, 1.54) is 108 Å². The fraction of sp³-hybridized carbons (Fsp3) is 0.714. The fourth-order valence-electron chi connectivity index (χ4n) is 5.35. The Hall–Kier alpha value is -1.14. The molecule has 41 heavy (non-hydrogen) atoms. The number of anilines is 2. The number of aromatic nitrogens is 2. The molecule has 4 unspecified atom stereocenters. The van der Waals surface area contributed by atoms with E-state index in [1.54, 1.807) is 0 Å². The van der Waals surface area contributed by atoms with Gasteiger partial charge in [-0.15, -0.1) is 0 Å². The zero-order valence-corrected chi connectivity index (χ0v) is 29.8. The maximum absolute atomic E-state index is 3.90. The van der Waals surface area contributed by atoms with Crippen molar-refractivity contribution in [1.82, 2.24) is 0 Å². The zero-order chi connectivity index (χ0) is 29.7. The van der Waals surface area contributed by atoms with Gasteiger partial charge in [-0.25, -0.2) is 0 Å². The van der Waals surface area contributed by atoms with Gasteiger partial charge in [-0.2, -0.15) is 9.13 Å². The van der Waals surface area contributed by atoms with Gasteiger partial charge < -0.3 is 10.6 Å². The highest BCUT2D eigenvalue weighted by atomic mass is 79.9. The quantitative estimate of drug-likeness (QED) is 0.0651. The lowest BCUT2D eigenvalue weighted by Gasteiger charge is -2.16. The highest BCUT2D eigenvalue weighted by Gasteiger charge is 2.16. The first-order chi connectivity index (χ1) is 20.0. The van der Waals surface area contributed by atoms with Crippen LogP contribution < -0.4 is 19.8 Å². The summed E-state index contributed by atoms with van der Waals surface area (Å²) in [6, 6.07) is 8.87. The van der Waals surface area contributed by atoms with Gasteiger partial charge in [0.1, 0.15) is 0 Å². The van der Waals surface area contributed by atoms with Crippen LogP contribution in [0.5, 0.6) is 0 Å². The minimum absolute atomic E-state index is 0.370. The van der Waals surface area contributed by atoms with E-state index >= 15 is 0 Å². The number of alkyl halides is 2. The number of nitrogens with zero attached hydrogens (tertiary/aromatic N) is 2. The third-order valence-corrected chi connectivity index (χ3v) is 10.4. The van der Waals surface area contributed by atoms with E-state index < -0.39 is 0 Å². The Kier molecular flexibility index (Phi) is 19.7. The van der Waals surface area contributed by atoms with Crippen LogP contribution in [0.2, 0.25) is 0 Å². The molecule has 2 aromatic heterocycles. The van der Waals surface area contributed by atoms with Crippen LogP contribution in [0.25, 0.3) is 0 Å². The van der Waals surface area contributed by atoms with Gasteiger partial charge in [-0.1, -0.05) is 85.5 Å². The maximum atomic E-state index is 3.90. The van der Waals surface area contributed by atoms with E-state index in [1.807, 2.05) is 0 Å². The predicted molar refractivity (Wildman–Crippen MR) is 185 cm³/mol. The second kappa shape index (κ2) is 22.4. The van der Waals surface area contributed by atoms with Crippen molar-refractivity contribution in [1.29, 1.82) is 0 Å². The van der Waals surface area contributed by atoms with Crippen molar-refractivity contribution in [2.24, 2.45) is 11.8 Å². The van der Waals surface area contributed by atoms with E-state index in [-0.39, 0.29) is 0 Å². The monoisotopic (exact) mass is 694 g/mol. The normalized spacial score (nSPS) is 14.4. The summed E-state index contributed by atoms with van der Waals surface area (Å²) in [7, 11) is 0. The van der Waals surface area contributed by atoms with E-state index in [0.717, 1.165) is 24.9 Å². The second-order valence-corrected chi connectivity index (χ2v) is 14.0. The molecule has 2 rings (SSSR count). The molecule has 4 nitrogen and oxygen atoms in total. The average molecular weight is 697 g/mol. The molecule has 0 fully saturated rings. The minimum atomic E-state index is 0.370. The Morgan fingerprint density at radius 1 is 0.537 bits per heavy atom. The Labute approximate surface area is 269 Å². The molecule has 0 radical (unpaired) electrons. The summed E-state index contributed by atoms with van der Waals surface area (Å²) in [6.45, 7) is 11.3. The molecular weight excluding hydrogens is 636 g/mol. The van der Waals surface area contributed by atoms with Crippen molar-refractivity contribution >= 4 is 43.2 Å². The molecule has 0 bridgehead atoms. The largest absolute Gasteiger partial charge is 0.384 e. The third kappa shape index (κ3) is 15.2. The zero-order valence-electron chi connectivity index (χ0n) is 26.6. The van der Waals surface area contributed by atoms with Crippen LogP contribution >= 0.6 is 31.9 Å². The second-order valence-electron chi connectivity index (χ2n) is 11.9. The molecular formula is C35H60Br2N4+2. The Balaban J connectivity index is 1.57. The highest BCUT2D eigenvalue weighted by molar-refractivity contribution is 9.09. The molecule has 2 aromatic rings. The number of nitrogens with one attached hydrogen (secondary N) is 2. The van der Waals surface area contributed by atoms with E-state index in [4.69, 9.17) is 0 Å². The molecule has 4 atom stereocenters. The van der Waals surface area contributed by atoms with Crippen molar-refractivity contribution in [2.45, 2.75) is 134 Å². The Morgan fingerprint density at radius 3 is 1.24 bits per heavy atom. The van der Waals surface area contributed by atoms with Gasteiger partial charge in [0.2, 0.25) is 9.90 Å². The van der Waals surface area contributed by atoms with E-state index in [0.29, 0.717) is 9.90 Å². The molecule has 2 heterocycles. The molecule has 0 aliphatic rings. The van der Waals surface area contributed by atoms with Crippen LogP contribution in [0.3, 0.4) is 0 Å². The summed E-state index contributed by atoms with van der Waals surface area (Å²) >= 11 is 7.81. The predicted octanol–water partition coefficient (Wildman–Crippen LogP) is 10.7. The van der Waals surface area contributed by atoms with Crippen LogP contribution in [0.4, 0.5) is 11.4 Å². The Bertz CT molecular complexity index is 817. The van der Waals surface area contributed by atoms with Crippen molar-refractivity contribution in [2.75, 3.05) is 23.7 Å². The topological polar surface area (TPSA) is 31.8 Å². The van der Waals surface area contributed by atoms with Crippen LogP contribution in [0.15, 0.2) is 49.1 Å². The molecule has 0 saturated carbocycles. The van der Waals surface area contributed by atoms with Crippen molar-refractivity contribution in [3.8, 4) is 0 Å². The molecule has 0 saturated heterocycles. The first-order valence-electron chi connectivity index (χ1n) is 16.8. The van der Waals surface area contributed by atoms with Crippen molar-refractivity contribution in [3.63, 3.8) is 0 Å². The molecule has 0 amide bonds. The fourth-order valence-corrected chi connectivity index (χ4v) is 6.54. The van der Waals surface area contributed by atoms with Crippen molar-refractivity contribution in [3.05, 3.63) is 49.1 Å². The molecule has 0 aliphatic heterocycles. The van der Waals surface area contributed by atoms with Gasteiger partial charge in [-0.05, 0) is 69.4 Å². The van der Waals surface area contributed by atoms with E-state index in [2.05, 4.69) is 128 Å². The molecule has 6 heteroatoms. The van der Waals surface area contributed by atoms with Gasteiger partial charge >= 0.3 is 0 Å². The standard InChI is InChI=1S/C35H58Br2N4/c1-5-9-16-30(7-3)28-38-32-20-24-40(25-21-32)34(36)18-14-12-11-13-15-19-35(37)41-26-22-33(23-27-41)39-29-31(8-4)17-10-6-2/h20-27,30-31,34-35H,5-19,28-29H2,1-4H3/p+2. The summed E-state index contributed by atoms with van der Waals surface area (Å²) < 4.78 is 4.59. The van der Waals surface area contributed by atoms with Gasteiger partial charge in [0.15, 0.2) is 24.8 Å². The van der Waals surface area contributed by atoms with Gasteiger partial charge in [0, 0.05) is 61.6 Å². The minimum Gasteiger partial charge on any atom is -0.384 e. The summed E-state index contributed by atoms with van der Waals surface area (Å²) in [5, 5.41) is 7.29. The first-order valence-corrected chi connectivity index (χ1v) is 18.6. The molecule has 0 aromatic carbocycles.